The van der Waals surface area contributed by atoms with Crippen molar-refractivity contribution in [2.45, 2.75) is 82.4 Å². The Kier molecular flexibility index (Phi) is 4.86. The van der Waals surface area contributed by atoms with Crippen LogP contribution in [0.25, 0.3) is 0 Å². The summed E-state index contributed by atoms with van der Waals surface area (Å²) in [7, 11) is 0. The van der Waals surface area contributed by atoms with E-state index in [0.717, 1.165) is 44.9 Å². The van der Waals surface area contributed by atoms with Crippen molar-refractivity contribution in [3.8, 4) is 0 Å². The number of nitrogens with zero attached hydrogens (tertiary/aromatic N) is 2. The van der Waals surface area contributed by atoms with Gasteiger partial charge < -0.3 is 21.5 Å². The van der Waals surface area contributed by atoms with Gasteiger partial charge in [-0.2, -0.15) is 4.98 Å². The summed E-state index contributed by atoms with van der Waals surface area (Å²) in [6, 6.07) is 0.352. The van der Waals surface area contributed by atoms with E-state index in [4.69, 9.17) is 5.73 Å². The predicted octanol–water partition coefficient (Wildman–Crippen LogP) is 2.43. The normalized spacial score (nSPS) is 29.7. The highest BCUT2D eigenvalue weighted by Gasteiger charge is 2.38. The molecule has 7 nitrogen and oxygen atoms in total. The highest BCUT2D eigenvalue weighted by molar-refractivity contribution is 5.97. The number of aromatic nitrogens is 2. The highest BCUT2D eigenvalue weighted by Crippen LogP contribution is 2.38. The summed E-state index contributed by atoms with van der Waals surface area (Å²) < 4.78 is 0. The third-order valence-corrected chi connectivity index (χ3v) is 5.86. The fraction of sp³-hybridized carbons (Fsp3) is 0.722. The Morgan fingerprint density at radius 1 is 1.36 bits per heavy atom. The average Bonchev–Trinajstić information content (AvgIpc) is 2.54. The van der Waals surface area contributed by atoms with Crippen molar-refractivity contribution < 1.29 is 9.90 Å². The molecule has 0 spiro atoms. The van der Waals surface area contributed by atoms with E-state index in [1.807, 2.05) is 6.92 Å². The molecule has 0 aliphatic heterocycles. The molecular weight excluding hydrogens is 318 g/mol. The minimum Gasteiger partial charge on any atom is -0.390 e. The summed E-state index contributed by atoms with van der Waals surface area (Å²) in [5, 5.41) is 17.2. The van der Waals surface area contributed by atoms with Gasteiger partial charge in [0, 0.05) is 17.8 Å². The summed E-state index contributed by atoms with van der Waals surface area (Å²) in [4.78, 5) is 20.4. The number of rotatable bonds is 6. The highest BCUT2D eigenvalue weighted by atomic mass is 16.3. The second-order valence-electron chi connectivity index (χ2n) is 7.86. The number of hydrogen-bond acceptors (Lipinski definition) is 6. The maximum absolute atomic E-state index is 11.6. The molecule has 1 aromatic rings. The fourth-order valence-corrected chi connectivity index (χ4v) is 3.49. The molecule has 2 aliphatic rings. The molecule has 1 amide bonds. The van der Waals surface area contributed by atoms with Crippen LogP contribution in [0, 0.1) is 0 Å². The van der Waals surface area contributed by atoms with Crippen LogP contribution in [0.1, 0.15) is 75.6 Å². The Balaban J connectivity index is 1.73. The molecule has 7 heteroatoms. The van der Waals surface area contributed by atoms with Crippen LogP contribution in [0.15, 0.2) is 6.20 Å². The van der Waals surface area contributed by atoms with Crippen molar-refractivity contribution in [2.75, 3.05) is 10.6 Å². The smallest absolute Gasteiger partial charge is 0.254 e. The molecule has 0 bridgehead atoms. The van der Waals surface area contributed by atoms with E-state index in [1.165, 1.54) is 12.6 Å². The Morgan fingerprint density at radius 2 is 2.04 bits per heavy atom. The van der Waals surface area contributed by atoms with Crippen LogP contribution >= 0.6 is 0 Å². The van der Waals surface area contributed by atoms with Gasteiger partial charge in [0.15, 0.2) is 0 Å². The summed E-state index contributed by atoms with van der Waals surface area (Å²) in [5.74, 6) is 0.487. The lowest BCUT2D eigenvalue weighted by atomic mass is 9.74. The van der Waals surface area contributed by atoms with Gasteiger partial charge in [0.2, 0.25) is 5.95 Å². The van der Waals surface area contributed by atoms with Crippen molar-refractivity contribution in [1.29, 1.82) is 0 Å². The van der Waals surface area contributed by atoms with Crippen LogP contribution in [-0.2, 0) is 0 Å². The van der Waals surface area contributed by atoms with E-state index in [9.17, 15) is 9.90 Å². The van der Waals surface area contributed by atoms with E-state index in [1.54, 1.807) is 0 Å². The first-order valence-corrected chi connectivity index (χ1v) is 9.26. The van der Waals surface area contributed by atoms with Crippen molar-refractivity contribution in [3.05, 3.63) is 11.8 Å². The van der Waals surface area contributed by atoms with Crippen LogP contribution in [0.2, 0.25) is 0 Å². The predicted molar refractivity (Wildman–Crippen MR) is 97.5 cm³/mol. The van der Waals surface area contributed by atoms with Crippen molar-refractivity contribution in [2.24, 2.45) is 5.73 Å². The molecule has 0 aromatic carbocycles. The Labute approximate surface area is 148 Å². The van der Waals surface area contributed by atoms with Gasteiger partial charge in [0.1, 0.15) is 5.82 Å². The monoisotopic (exact) mass is 347 g/mol. The van der Waals surface area contributed by atoms with Crippen molar-refractivity contribution in [1.82, 2.24) is 9.97 Å². The molecule has 2 saturated carbocycles. The third-order valence-electron chi connectivity index (χ3n) is 5.86. The summed E-state index contributed by atoms with van der Waals surface area (Å²) in [6.45, 7) is 4.16. The van der Waals surface area contributed by atoms with Gasteiger partial charge in [-0.15, -0.1) is 0 Å². The molecule has 1 aromatic heterocycles. The van der Waals surface area contributed by atoms with Crippen LogP contribution in [-0.4, -0.2) is 38.2 Å². The van der Waals surface area contributed by atoms with E-state index in [2.05, 4.69) is 27.5 Å². The number of nitrogens with two attached hydrogens (primary N) is 1. The van der Waals surface area contributed by atoms with Gasteiger partial charge in [-0.05, 0) is 58.3 Å². The molecule has 25 heavy (non-hydrogen) atoms. The maximum atomic E-state index is 11.6. The van der Waals surface area contributed by atoms with Gasteiger partial charge in [-0.3, -0.25) is 4.79 Å². The lowest BCUT2D eigenvalue weighted by Crippen LogP contribution is -2.45. The minimum absolute atomic E-state index is 0.163. The Hall–Kier alpha value is -1.89. The summed E-state index contributed by atoms with van der Waals surface area (Å²) >= 11 is 0. The van der Waals surface area contributed by atoms with E-state index >= 15 is 0 Å². The number of carbonyl (C=O) groups excluding carboxylic acids is 1. The first-order chi connectivity index (χ1) is 11.8. The zero-order valence-electron chi connectivity index (χ0n) is 15.1. The standard InChI is InChI=1S/C18H29N5O2/c1-3-18(25)9-7-17(2,8-10-18)23-16-20-11-13(14(19)24)15(22-16)21-12-5-4-6-12/h11-12,25H,3-10H2,1-2H3,(H2,19,24)(H2,20,21,22,23). The number of carbonyl (C=O) groups is 1. The number of nitrogens with one attached hydrogen (secondary N) is 2. The molecule has 0 saturated heterocycles. The Morgan fingerprint density at radius 3 is 2.56 bits per heavy atom. The van der Waals surface area contributed by atoms with Gasteiger partial charge in [0.05, 0.1) is 11.2 Å². The molecule has 2 aliphatic carbocycles. The Bertz CT molecular complexity index is 636. The first kappa shape index (κ1) is 17.9. The molecule has 138 valence electrons. The van der Waals surface area contributed by atoms with Gasteiger partial charge in [-0.1, -0.05) is 6.92 Å². The van der Waals surface area contributed by atoms with Crippen molar-refractivity contribution >= 4 is 17.7 Å². The number of amides is 1. The quantitative estimate of drug-likeness (QED) is 0.628. The SMILES string of the molecule is CCC1(O)CCC(C)(Nc2ncc(C(N)=O)c(NC3CCC3)n2)CC1. The molecule has 2 fully saturated rings. The second kappa shape index (κ2) is 6.78. The lowest BCUT2D eigenvalue weighted by Gasteiger charge is -2.42. The molecule has 0 unspecified atom stereocenters. The fourth-order valence-electron chi connectivity index (χ4n) is 3.49. The van der Waals surface area contributed by atoms with E-state index in [-0.39, 0.29) is 5.54 Å². The van der Waals surface area contributed by atoms with Crippen LogP contribution in [0.3, 0.4) is 0 Å². The number of hydrogen-bond donors (Lipinski definition) is 4. The number of aliphatic hydroxyl groups is 1. The van der Waals surface area contributed by atoms with Crippen LogP contribution < -0.4 is 16.4 Å². The van der Waals surface area contributed by atoms with E-state index < -0.39 is 11.5 Å². The zero-order valence-corrected chi connectivity index (χ0v) is 15.1. The second-order valence-corrected chi connectivity index (χ2v) is 7.86. The average molecular weight is 347 g/mol. The zero-order chi connectivity index (χ0) is 18.1. The summed E-state index contributed by atoms with van der Waals surface area (Å²) in [5.41, 5.74) is 5.06. The third kappa shape index (κ3) is 4.03. The topological polar surface area (TPSA) is 113 Å². The van der Waals surface area contributed by atoms with Crippen LogP contribution in [0.5, 0.6) is 0 Å². The van der Waals surface area contributed by atoms with Gasteiger partial charge in [0.25, 0.3) is 5.91 Å². The molecule has 5 N–H and O–H groups in total. The van der Waals surface area contributed by atoms with Gasteiger partial charge >= 0.3 is 0 Å². The minimum atomic E-state index is -0.547. The molecular formula is C18H29N5O2. The molecule has 1 heterocycles. The van der Waals surface area contributed by atoms with Crippen LogP contribution in [0.4, 0.5) is 11.8 Å². The lowest BCUT2D eigenvalue weighted by molar-refractivity contribution is -0.0127. The van der Waals surface area contributed by atoms with E-state index in [0.29, 0.717) is 23.4 Å². The summed E-state index contributed by atoms with van der Waals surface area (Å²) in [6.07, 6.45) is 8.86. The molecule has 3 rings (SSSR count). The number of primary amides is 1. The first-order valence-electron chi connectivity index (χ1n) is 9.26. The van der Waals surface area contributed by atoms with Crippen molar-refractivity contribution in [3.63, 3.8) is 0 Å². The van der Waals surface area contributed by atoms with Gasteiger partial charge in [-0.25, -0.2) is 4.98 Å². The number of anilines is 2. The largest absolute Gasteiger partial charge is 0.390 e. The maximum Gasteiger partial charge on any atom is 0.254 e. The molecule has 0 radical (unpaired) electrons. The molecule has 0 atom stereocenters.